The van der Waals surface area contributed by atoms with Crippen molar-refractivity contribution in [1.82, 2.24) is 15.2 Å². The molecule has 43 heavy (non-hydrogen) atoms. The summed E-state index contributed by atoms with van der Waals surface area (Å²) in [5.41, 5.74) is 6.69. The fraction of sp³-hybridized carbons (Fsp3) is 0.387. The molecule has 0 atom stereocenters. The maximum absolute atomic E-state index is 15.0. The molecule has 1 fully saturated rings. The van der Waals surface area contributed by atoms with Gasteiger partial charge in [0.1, 0.15) is 18.0 Å². The zero-order chi connectivity index (χ0) is 31.3. The van der Waals surface area contributed by atoms with Crippen LogP contribution in [0, 0.1) is 5.82 Å². The summed E-state index contributed by atoms with van der Waals surface area (Å²) in [4.78, 5) is 34.0. The predicted molar refractivity (Wildman–Crippen MR) is 164 cm³/mol. The number of aromatic nitrogens is 1. The van der Waals surface area contributed by atoms with Gasteiger partial charge in [-0.05, 0) is 63.7 Å². The lowest BCUT2D eigenvalue weighted by Crippen LogP contribution is -2.47. The van der Waals surface area contributed by atoms with Crippen LogP contribution in [0.1, 0.15) is 32.8 Å². The number of hydrogen-bond acceptors (Lipinski definition) is 8. The van der Waals surface area contributed by atoms with Gasteiger partial charge in [0.05, 0.1) is 37.2 Å². The lowest BCUT2D eigenvalue weighted by molar-refractivity contribution is -0.121. The molecule has 3 N–H and O–H groups in total. The SMILES string of the molecule is C=C/C(=C\C(=C/N)NC(=O)CCN(C)C1COC1)c1cc(-c2cc(Cl)ccc2F)nc2c1OCCN2C(=O)OC(C)(C)C. The smallest absolute Gasteiger partial charge is 0.416 e. The number of ether oxygens (including phenoxy) is 3. The summed E-state index contributed by atoms with van der Waals surface area (Å²) in [6.07, 6.45) is 4.06. The highest BCUT2D eigenvalue weighted by Gasteiger charge is 2.32. The van der Waals surface area contributed by atoms with Crippen LogP contribution in [0.4, 0.5) is 15.0 Å². The van der Waals surface area contributed by atoms with Crippen molar-refractivity contribution < 1.29 is 28.2 Å². The first-order valence-electron chi connectivity index (χ1n) is 13.9. The number of hydrogen-bond donors (Lipinski definition) is 2. The van der Waals surface area contributed by atoms with Crippen molar-refractivity contribution in [3.63, 3.8) is 0 Å². The first-order chi connectivity index (χ1) is 20.4. The normalized spacial score (nSPS) is 15.8. The number of likely N-dealkylation sites (N-methyl/N-ethyl adjacent to an activating group) is 1. The molecule has 1 aromatic heterocycles. The molecule has 12 heteroatoms. The average molecular weight is 614 g/mol. The molecular formula is C31H37ClFN5O5. The highest BCUT2D eigenvalue weighted by molar-refractivity contribution is 6.30. The van der Waals surface area contributed by atoms with Crippen LogP contribution in [0.3, 0.4) is 0 Å². The Morgan fingerprint density at radius 1 is 1.33 bits per heavy atom. The fourth-order valence-electron chi connectivity index (χ4n) is 4.43. The number of halogens is 2. The van der Waals surface area contributed by atoms with E-state index in [4.69, 9.17) is 31.5 Å². The third-order valence-corrected chi connectivity index (χ3v) is 7.07. The Morgan fingerprint density at radius 2 is 2.07 bits per heavy atom. The van der Waals surface area contributed by atoms with Crippen molar-refractivity contribution in [2.45, 2.75) is 38.8 Å². The van der Waals surface area contributed by atoms with E-state index in [0.717, 1.165) is 0 Å². The number of carbonyl (C=O) groups excluding carboxylic acids is 2. The number of nitrogens with two attached hydrogens (primary N) is 1. The van der Waals surface area contributed by atoms with Crippen LogP contribution in [-0.4, -0.2) is 73.5 Å². The Hall–Kier alpha value is -3.93. The van der Waals surface area contributed by atoms with Gasteiger partial charge in [-0.3, -0.25) is 14.6 Å². The monoisotopic (exact) mass is 613 g/mol. The van der Waals surface area contributed by atoms with Crippen LogP contribution in [0.2, 0.25) is 5.02 Å². The maximum Gasteiger partial charge on any atom is 0.416 e. The molecule has 4 rings (SSSR count). The molecule has 10 nitrogen and oxygen atoms in total. The summed E-state index contributed by atoms with van der Waals surface area (Å²) >= 11 is 6.20. The van der Waals surface area contributed by atoms with Crippen molar-refractivity contribution >= 4 is 35.0 Å². The van der Waals surface area contributed by atoms with Crippen LogP contribution in [0.25, 0.3) is 16.8 Å². The summed E-state index contributed by atoms with van der Waals surface area (Å²) in [5.74, 6) is -0.373. The van der Waals surface area contributed by atoms with Gasteiger partial charge in [0.2, 0.25) is 5.91 Å². The third kappa shape index (κ3) is 7.92. The predicted octanol–water partition coefficient (Wildman–Crippen LogP) is 4.88. The Labute approximate surface area is 255 Å². The summed E-state index contributed by atoms with van der Waals surface area (Å²) in [5, 5.41) is 3.13. The van der Waals surface area contributed by atoms with Gasteiger partial charge in [-0.15, -0.1) is 0 Å². The minimum Gasteiger partial charge on any atom is -0.487 e. The summed E-state index contributed by atoms with van der Waals surface area (Å²) in [6.45, 7) is 11.4. The minimum atomic E-state index is -0.763. The van der Waals surface area contributed by atoms with Crippen LogP contribution in [0.15, 0.2) is 54.9 Å². The Kier molecular flexibility index (Phi) is 10.1. The molecule has 2 aliphatic rings. The molecule has 2 aromatic rings. The molecule has 2 aliphatic heterocycles. The number of rotatable bonds is 9. The van der Waals surface area contributed by atoms with Gasteiger partial charge in [0.15, 0.2) is 11.6 Å². The van der Waals surface area contributed by atoms with Crippen molar-refractivity contribution in [2.75, 3.05) is 44.9 Å². The van der Waals surface area contributed by atoms with E-state index in [0.29, 0.717) is 47.7 Å². The molecule has 3 heterocycles. The number of allylic oxidation sites excluding steroid dienone is 3. The van der Waals surface area contributed by atoms with E-state index in [1.165, 1.54) is 29.3 Å². The van der Waals surface area contributed by atoms with Gasteiger partial charge in [-0.25, -0.2) is 14.2 Å². The third-order valence-electron chi connectivity index (χ3n) is 6.83. The van der Waals surface area contributed by atoms with Gasteiger partial charge in [0, 0.05) is 35.3 Å². The second-order valence-corrected chi connectivity index (χ2v) is 11.6. The van der Waals surface area contributed by atoms with Crippen LogP contribution in [-0.2, 0) is 14.3 Å². The molecule has 0 unspecified atom stereocenters. The Morgan fingerprint density at radius 3 is 2.70 bits per heavy atom. The molecule has 0 aliphatic carbocycles. The molecule has 230 valence electrons. The number of anilines is 1. The van der Waals surface area contributed by atoms with Crippen molar-refractivity contribution in [3.8, 4) is 17.0 Å². The van der Waals surface area contributed by atoms with Gasteiger partial charge < -0.3 is 25.3 Å². The zero-order valence-corrected chi connectivity index (χ0v) is 25.5. The maximum atomic E-state index is 15.0. The zero-order valence-electron chi connectivity index (χ0n) is 24.8. The highest BCUT2D eigenvalue weighted by atomic mass is 35.5. The van der Waals surface area contributed by atoms with E-state index < -0.39 is 17.5 Å². The van der Waals surface area contributed by atoms with Crippen LogP contribution < -0.4 is 20.7 Å². The van der Waals surface area contributed by atoms with E-state index in [1.54, 1.807) is 39.0 Å². The minimum absolute atomic E-state index is 0.124. The summed E-state index contributed by atoms with van der Waals surface area (Å²) in [7, 11) is 1.95. The number of nitrogens with one attached hydrogen (secondary N) is 1. The molecule has 0 spiro atoms. The molecule has 0 saturated carbocycles. The molecule has 2 amide bonds. The van der Waals surface area contributed by atoms with E-state index in [-0.39, 0.29) is 48.3 Å². The standard InChI is InChI=1S/C31H37ClFN5O5/c1-6-19(13-21(16-34)35-27(39)9-10-37(5)22-17-41-18-22)23-15-26(24-14-20(32)7-8-25(24)33)36-29-28(23)42-12-11-38(29)30(40)43-31(2,3)4/h6-8,13-16,22H,1,9-12,17-18,34H2,2-5H3,(H,35,39)/b19-13+,21-16+. The second kappa shape index (κ2) is 13.6. The molecule has 0 radical (unpaired) electrons. The van der Waals surface area contributed by atoms with E-state index >= 15 is 4.39 Å². The van der Waals surface area contributed by atoms with Crippen molar-refractivity contribution in [2.24, 2.45) is 5.73 Å². The lowest BCUT2D eigenvalue weighted by atomic mass is 10.00. The molecular weight excluding hydrogens is 577 g/mol. The summed E-state index contributed by atoms with van der Waals surface area (Å²) < 4.78 is 31.9. The van der Waals surface area contributed by atoms with Gasteiger partial charge in [-0.1, -0.05) is 24.3 Å². The topological polar surface area (TPSA) is 119 Å². The van der Waals surface area contributed by atoms with Gasteiger partial charge >= 0.3 is 6.09 Å². The largest absolute Gasteiger partial charge is 0.487 e. The van der Waals surface area contributed by atoms with Gasteiger partial charge in [0.25, 0.3) is 0 Å². The second-order valence-electron chi connectivity index (χ2n) is 11.2. The number of nitrogens with zero attached hydrogens (tertiary/aromatic N) is 3. The molecule has 1 aromatic carbocycles. The van der Waals surface area contributed by atoms with Crippen LogP contribution in [0.5, 0.6) is 5.75 Å². The average Bonchev–Trinajstić information content (AvgIpc) is 2.92. The fourth-order valence-corrected chi connectivity index (χ4v) is 4.60. The van der Waals surface area contributed by atoms with Crippen LogP contribution >= 0.6 is 11.6 Å². The quantitative estimate of drug-likeness (QED) is 0.384. The van der Waals surface area contributed by atoms with Crippen molar-refractivity contribution in [1.29, 1.82) is 0 Å². The Bertz CT molecular complexity index is 1450. The lowest BCUT2D eigenvalue weighted by Gasteiger charge is -2.34. The number of pyridine rings is 1. The van der Waals surface area contributed by atoms with Gasteiger partial charge in [-0.2, -0.15) is 0 Å². The van der Waals surface area contributed by atoms with Crippen molar-refractivity contribution in [3.05, 3.63) is 71.3 Å². The Balaban J connectivity index is 1.73. The number of carbonyl (C=O) groups is 2. The molecule has 0 bridgehead atoms. The summed E-state index contributed by atoms with van der Waals surface area (Å²) in [6, 6.07) is 6.05. The van der Waals surface area contributed by atoms with E-state index in [9.17, 15) is 9.59 Å². The number of fused-ring (bicyclic) bond motifs is 1. The first kappa shape index (κ1) is 32.0. The highest BCUT2D eigenvalue weighted by Crippen LogP contribution is 2.41. The number of amides is 2. The van der Waals surface area contributed by atoms with E-state index in [1.807, 2.05) is 7.05 Å². The molecule has 1 saturated heterocycles. The first-order valence-corrected chi connectivity index (χ1v) is 14.3. The van der Waals surface area contributed by atoms with E-state index in [2.05, 4.69) is 21.8 Å². The number of benzene rings is 1.